The minimum absolute atomic E-state index is 0.0253. The average Bonchev–Trinajstić information content (AvgIpc) is 3.21. The molecular weight excluding hydrogens is 326 g/mol. The van der Waals surface area contributed by atoms with Gasteiger partial charge in [0.25, 0.3) is 5.91 Å². The number of guanidine groups is 1. The number of rotatable bonds is 5. The second-order valence-corrected chi connectivity index (χ2v) is 7.10. The molecule has 1 aromatic carbocycles. The molecule has 0 aliphatic carbocycles. The largest absolute Gasteiger partial charge is 0.318 e. The van der Waals surface area contributed by atoms with Crippen molar-refractivity contribution in [2.75, 3.05) is 18.5 Å². The van der Waals surface area contributed by atoms with E-state index in [0.29, 0.717) is 12.2 Å². The summed E-state index contributed by atoms with van der Waals surface area (Å²) < 4.78 is 2.03. The Hall–Kier alpha value is -2.63. The molecule has 2 aliphatic heterocycles. The number of hydrogen-bond donors (Lipinski definition) is 0. The number of amides is 1. The summed E-state index contributed by atoms with van der Waals surface area (Å²) in [7, 11) is 1.81. The van der Waals surface area contributed by atoms with E-state index in [1.54, 1.807) is 4.90 Å². The lowest BCUT2D eigenvalue weighted by atomic mass is 10.1. The first kappa shape index (κ1) is 16.8. The molecule has 0 spiro atoms. The number of nitrogens with zero attached hydrogens (tertiary/aromatic N) is 5. The van der Waals surface area contributed by atoms with Crippen LogP contribution in [0.25, 0.3) is 0 Å². The molecule has 136 valence electrons. The Bertz CT molecular complexity index is 855. The van der Waals surface area contributed by atoms with E-state index in [-0.39, 0.29) is 11.9 Å². The summed E-state index contributed by atoms with van der Waals surface area (Å²) in [5.41, 5.74) is 1.83. The lowest BCUT2D eigenvalue weighted by Crippen LogP contribution is -2.48. The highest BCUT2D eigenvalue weighted by Gasteiger charge is 2.41. The van der Waals surface area contributed by atoms with E-state index in [1.165, 1.54) is 0 Å². The number of aromatic nitrogens is 2. The van der Waals surface area contributed by atoms with Crippen molar-refractivity contribution in [3.63, 3.8) is 0 Å². The molecule has 1 amide bonds. The summed E-state index contributed by atoms with van der Waals surface area (Å²) in [4.78, 5) is 26.4. The van der Waals surface area contributed by atoms with Gasteiger partial charge in [0.1, 0.15) is 5.82 Å². The number of carbonyl (C=O) groups excluding carboxylic acids is 1. The Morgan fingerprint density at radius 1 is 1.23 bits per heavy atom. The van der Waals surface area contributed by atoms with Gasteiger partial charge >= 0.3 is 0 Å². The number of carbonyl (C=O) groups is 1. The SMILES string of the molecule is CCCC[C@H]1CN2C(=N1)N(C)C(=O)c1c2nc(C)n1Cc1ccccc1. The van der Waals surface area contributed by atoms with Gasteiger partial charge < -0.3 is 4.57 Å². The fourth-order valence-corrected chi connectivity index (χ4v) is 3.77. The first-order valence-electron chi connectivity index (χ1n) is 9.34. The smallest absolute Gasteiger partial charge is 0.280 e. The number of imidazole rings is 1. The molecule has 0 unspecified atom stereocenters. The molecule has 0 saturated carbocycles. The molecule has 0 N–H and O–H groups in total. The van der Waals surface area contributed by atoms with Crippen molar-refractivity contribution in [1.29, 1.82) is 0 Å². The van der Waals surface area contributed by atoms with Crippen LogP contribution in [0.5, 0.6) is 0 Å². The molecule has 0 fully saturated rings. The lowest BCUT2D eigenvalue weighted by Gasteiger charge is -2.31. The molecule has 26 heavy (non-hydrogen) atoms. The van der Waals surface area contributed by atoms with Gasteiger partial charge in [-0.25, -0.2) is 9.98 Å². The van der Waals surface area contributed by atoms with Gasteiger partial charge in [-0.05, 0) is 18.9 Å². The molecule has 0 saturated heterocycles. The molecule has 4 rings (SSSR count). The van der Waals surface area contributed by atoms with Gasteiger partial charge in [0.2, 0.25) is 5.96 Å². The second-order valence-electron chi connectivity index (χ2n) is 7.10. The van der Waals surface area contributed by atoms with Crippen LogP contribution in [0.2, 0.25) is 0 Å². The molecular formula is C20H25N5O. The molecule has 3 heterocycles. The van der Waals surface area contributed by atoms with Crippen molar-refractivity contribution in [2.24, 2.45) is 4.99 Å². The predicted octanol–water partition coefficient (Wildman–Crippen LogP) is 3.06. The van der Waals surface area contributed by atoms with Crippen LogP contribution in [0.4, 0.5) is 5.82 Å². The van der Waals surface area contributed by atoms with Crippen molar-refractivity contribution < 1.29 is 4.79 Å². The van der Waals surface area contributed by atoms with Crippen LogP contribution >= 0.6 is 0 Å². The van der Waals surface area contributed by atoms with Crippen molar-refractivity contribution in [2.45, 2.75) is 45.7 Å². The maximum absolute atomic E-state index is 13.1. The molecule has 2 aromatic rings. The Balaban J connectivity index is 1.71. The Morgan fingerprint density at radius 3 is 2.73 bits per heavy atom. The lowest BCUT2D eigenvalue weighted by molar-refractivity contribution is 0.0855. The van der Waals surface area contributed by atoms with Crippen LogP contribution in [0.1, 0.15) is 48.1 Å². The molecule has 6 heteroatoms. The zero-order chi connectivity index (χ0) is 18.3. The first-order valence-corrected chi connectivity index (χ1v) is 9.34. The summed E-state index contributed by atoms with van der Waals surface area (Å²) >= 11 is 0. The van der Waals surface area contributed by atoms with Crippen molar-refractivity contribution in [3.05, 3.63) is 47.4 Å². The number of aliphatic imine (C=N–C) groups is 1. The monoisotopic (exact) mass is 351 g/mol. The topological polar surface area (TPSA) is 53.7 Å². The number of fused-ring (bicyclic) bond motifs is 3. The molecule has 0 radical (unpaired) electrons. The van der Waals surface area contributed by atoms with E-state index < -0.39 is 0 Å². The molecule has 1 atom stereocenters. The van der Waals surface area contributed by atoms with Crippen LogP contribution in [-0.4, -0.2) is 46.0 Å². The summed E-state index contributed by atoms with van der Waals surface area (Å²) in [5.74, 6) is 2.34. The Kier molecular flexibility index (Phi) is 4.26. The number of aryl methyl sites for hydroxylation is 1. The minimum atomic E-state index is -0.0253. The normalized spacial score (nSPS) is 18.8. The van der Waals surface area contributed by atoms with Gasteiger partial charge in [0.05, 0.1) is 12.6 Å². The van der Waals surface area contributed by atoms with Crippen molar-refractivity contribution >= 4 is 17.7 Å². The van der Waals surface area contributed by atoms with Crippen molar-refractivity contribution in [3.8, 4) is 0 Å². The van der Waals surface area contributed by atoms with Crippen molar-refractivity contribution in [1.82, 2.24) is 14.5 Å². The van der Waals surface area contributed by atoms with E-state index in [9.17, 15) is 4.79 Å². The van der Waals surface area contributed by atoms with Crippen LogP contribution < -0.4 is 4.90 Å². The third-order valence-corrected chi connectivity index (χ3v) is 5.21. The maximum atomic E-state index is 13.1. The quantitative estimate of drug-likeness (QED) is 0.832. The average molecular weight is 351 g/mol. The zero-order valence-electron chi connectivity index (χ0n) is 15.6. The maximum Gasteiger partial charge on any atom is 0.280 e. The van der Waals surface area contributed by atoms with Crippen LogP contribution in [-0.2, 0) is 6.54 Å². The van der Waals surface area contributed by atoms with Crippen LogP contribution in [0, 0.1) is 6.92 Å². The molecule has 6 nitrogen and oxygen atoms in total. The van der Waals surface area contributed by atoms with E-state index in [1.807, 2.05) is 36.7 Å². The second kappa shape index (κ2) is 6.59. The number of unbranched alkanes of at least 4 members (excludes halogenated alkanes) is 1. The van der Waals surface area contributed by atoms with E-state index >= 15 is 0 Å². The standard InChI is InChI=1S/C20H25N5O/c1-4-5-11-16-13-25-18-17(19(26)23(3)20(25)22-16)24(14(2)21-18)12-15-9-7-6-8-10-15/h6-10,16H,4-5,11-13H2,1-3H3/t16-/m0/s1. The molecule has 0 bridgehead atoms. The molecule has 2 aliphatic rings. The van der Waals surface area contributed by atoms with E-state index in [0.717, 1.165) is 49.0 Å². The minimum Gasteiger partial charge on any atom is -0.318 e. The predicted molar refractivity (Wildman–Crippen MR) is 103 cm³/mol. The van der Waals surface area contributed by atoms with Gasteiger partial charge in [0, 0.05) is 13.6 Å². The fraction of sp³-hybridized carbons (Fsp3) is 0.450. The summed E-state index contributed by atoms with van der Waals surface area (Å²) in [6, 6.07) is 10.4. The zero-order valence-corrected chi connectivity index (χ0v) is 15.6. The van der Waals surface area contributed by atoms with Gasteiger partial charge in [-0.1, -0.05) is 50.1 Å². The number of benzene rings is 1. The highest BCUT2D eigenvalue weighted by Crippen LogP contribution is 2.32. The Labute approximate surface area is 154 Å². The number of hydrogen-bond acceptors (Lipinski definition) is 4. The van der Waals surface area contributed by atoms with E-state index in [2.05, 4.69) is 24.0 Å². The van der Waals surface area contributed by atoms with Gasteiger partial charge in [-0.3, -0.25) is 14.6 Å². The van der Waals surface area contributed by atoms with Gasteiger partial charge in [-0.15, -0.1) is 0 Å². The van der Waals surface area contributed by atoms with Crippen LogP contribution in [0.3, 0.4) is 0 Å². The summed E-state index contributed by atoms with van der Waals surface area (Å²) in [6.45, 7) is 5.61. The Morgan fingerprint density at radius 2 is 2.00 bits per heavy atom. The van der Waals surface area contributed by atoms with Gasteiger partial charge in [-0.2, -0.15) is 0 Å². The third kappa shape index (κ3) is 2.69. The fourth-order valence-electron chi connectivity index (χ4n) is 3.77. The third-order valence-electron chi connectivity index (χ3n) is 5.21. The highest BCUT2D eigenvalue weighted by molar-refractivity contribution is 6.17. The summed E-state index contributed by atoms with van der Waals surface area (Å²) in [6.07, 6.45) is 3.37. The summed E-state index contributed by atoms with van der Waals surface area (Å²) in [5, 5.41) is 0. The first-order chi connectivity index (χ1) is 12.6. The van der Waals surface area contributed by atoms with E-state index in [4.69, 9.17) is 9.98 Å². The molecule has 1 aromatic heterocycles. The van der Waals surface area contributed by atoms with Gasteiger partial charge in [0.15, 0.2) is 11.5 Å². The highest BCUT2D eigenvalue weighted by atomic mass is 16.2. The van der Waals surface area contributed by atoms with Crippen LogP contribution in [0.15, 0.2) is 35.3 Å². The number of anilines is 1.